The van der Waals surface area contributed by atoms with Gasteiger partial charge < -0.3 is 9.84 Å². The highest BCUT2D eigenvalue weighted by Crippen LogP contribution is 2.36. The van der Waals surface area contributed by atoms with Gasteiger partial charge in [-0.15, -0.1) is 0 Å². The summed E-state index contributed by atoms with van der Waals surface area (Å²) in [4.78, 5) is 0. The Morgan fingerprint density at radius 3 is 2.50 bits per heavy atom. The molecule has 114 valence electrons. The first kappa shape index (κ1) is 16.7. The van der Waals surface area contributed by atoms with Crippen LogP contribution in [0.25, 0.3) is 0 Å². The third-order valence-electron chi connectivity index (χ3n) is 2.58. The molecule has 0 saturated carbocycles. The number of ether oxygens (including phenoxy) is 1. The Hall–Kier alpha value is -1.37. The molecular weight excluding hydrogens is 283 g/mol. The van der Waals surface area contributed by atoms with Crippen molar-refractivity contribution in [1.29, 1.82) is 0 Å². The molecule has 0 aliphatic heterocycles. The van der Waals surface area contributed by atoms with Gasteiger partial charge in [0.2, 0.25) is 0 Å². The van der Waals surface area contributed by atoms with Crippen LogP contribution >= 0.6 is 0 Å². The lowest BCUT2D eigenvalue weighted by atomic mass is 10.0. The van der Waals surface area contributed by atoms with Crippen LogP contribution in [0, 0.1) is 5.82 Å². The third-order valence-corrected chi connectivity index (χ3v) is 2.58. The SMILES string of the molecule is CCCOc1ccc(F)cc1C(O)CC(F)(F)C(F)F. The molecule has 2 nitrogen and oxygen atoms in total. The number of aliphatic hydroxyl groups is 1. The molecule has 0 aromatic heterocycles. The summed E-state index contributed by atoms with van der Waals surface area (Å²) in [5.74, 6) is -5.12. The van der Waals surface area contributed by atoms with Gasteiger partial charge in [0.15, 0.2) is 0 Å². The van der Waals surface area contributed by atoms with E-state index >= 15 is 0 Å². The maximum atomic E-state index is 13.1. The number of halogens is 5. The Morgan fingerprint density at radius 2 is 1.95 bits per heavy atom. The first-order valence-electron chi connectivity index (χ1n) is 6.04. The number of hydrogen-bond acceptors (Lipinski definition) is 2. The lowest BCUT2D eigenvalue weighted by Gasteiger charge is -2.21. The average molecular weight is 298 g/mol. The van der Waals surface area contributed by atoms with Crippen molar-refractivity contribution in [3.8, 4) is 5.75 Å². The molecule has 0 aliphatic rings. The number of hydrogen-bond donors (Lipinski definition) is 1. The highest BCUT2D eigenvalue weighted by molar-refractivity contribution is 5.36. The molecule has 0 aliphatic carbocycles. The van der Waals surface area contributed by atoms with Crippen LogP contribution in [0.2, 0.25) is 0 Å². The summed E-state index contributed by atoms with van der Waals surface area (Å²) in [7, 11) is 0. The van der Waals surface area contributed by atoms with E-state index in [1.807, 2.05) is 0 Å². The zero-order valence-electron chi connectivity index (χ0n) is 10.8. The fraction of sp³-hybridized carbons (Fsp3) is 0.538. The molecule has 1 atom stereocenters. The summed E-state index contributed by atoms with van der Waals surface area (Å²) in [5, 5.41) is 9.65. The van der Waals surface area contributed by atoms with E-state index in [1.54, 1.807) is 6.92 Å². The topological polar surface area (TPSA) is 29.5 Å². The van der Waals surface area contributed by atoms with E-state index in [4.69, 9.17) is 4.74 Å². The Bertz CT molecular complexity index is 437. The van der Waals surface area contributed by atoms with Crippen LogP contribution in [0.15, 0.2) is 18.2 Å². The quantitative estimate of drug-likeness (QED) is 0.773. The zero-order chi connectivity index (χ0) is 15.3. The number of aliphatic hydroxyl groups excluding tert-OH is 1. The van der Waals surface area contributed by atoms with Crippen LogP contribution in [0.1, 0.15) is 31.4 Å². The summed E-state index contributed by atoms with van der Waals surface area (Å²) < 4.78 is 68.4. The van der Waals surface area contributed by atoms with Crippen LogP contribution in [-0.4, -0.2) is 24.1 Å². The monoisotopic (exact) mass is 298 g/mol. The fourth-order valence-corrected chi connectivity index (χ4v) is 1.58. The molecule has 1 unspecified atom stereocenters. The number of rotatable bonds is 7. The van der Waals surface area contributed by atoms with E-state index in [1.165, 1.54) is 6.07 Å². The Morgan fingerprint density at radius 1 is 1.30 bits per heavy atom. The van der Waals surface area contributed by atoms with Crippen molar-refractivity contribution in [3.05, 3.63) is 29.6 Å². The summed E-state index contributed by atoms with van der Waals surface area (Å²) in [5.41, 5.74) is -0.265. The predicted molar refractivity (Wildman–Crippen MR) is 62.7 cm³/mol. The van der Waals surface area contributed by atoms with Crippen LogP contribution in [-0.2, 0) is 0 Å². The average Bonchev–Trinajstić information content (AvgIpc) is 2.36. The lowest BCUT2D eigenvalue weighted by Crippen LogP contribution is -2.29. The highest BCUT2D eigenvalue weighted by Gasteiger charge is 2.43. The van der Waals surface area contributed by atoms with E-state index in [2.05, 4.69) is 0 Å². The first-order valence-corrected chi connectivity index (χ1v) is 6.04. The minimum absolute atomic E-state index is 0.00539. The van der Waals surface area contributed by atoms with Gasteiger partial charge in [0.05, 0.1) is 12.7 Å². The van der Waals surface area contributed by atoms with E-state index in [0.29, 0.717) is 6.42 Å². The molecule has 1 aromatic rings. The summed E-state index contributed by atoms with van der Waals surface area (Å²) in [6, 6.07) is 3.01. The molecule has 1 rings (SSSR count). The van der Waals surface area contributed by atoms with E-state index in [-0.39, 0.29) is 17.9 Å². The van der Waals surface area contributed by atoms with Gasteiger partial charge in [-0.05, 0) is 24.6 Å². The minimum Gasteiger partial charge on any atom is -0.493 e. The van der Waals surface area contributed by atoms with Crippen molar-refractivity contribution in [1.82, 2.24) is 0 Å². The normalized spacial score (nSPS) is 13.6. The highest BCUT2D eigenvalue weighted by atomic mass is 19.3. The number of benzene rings is 1. The maximum absolute atomic E-state index is 13.1. The van der Waals surface area contributed by atoms with Gasteiger partial charge in [-0.1, -0.05) is 6.92 Å². The zero-order valence-corrected chi connectivity index (χ0v) is 10.8. The van der Waals surface area contributed by atoms with Crippen molar-refractivity contribution in [2.45, 2.75) is 38.2 Å². The van der Waals surface area contributed by atoms with Gasteiger partial charge in [-0.25, -0.2) is 22.0 Å². The lowest BCUT2D eigenvalue weighted by molar-refractivity contribution is -0.149. The van der Waals surface area contributed by atoms with E-state index in [0.717, 1.165) is 12.1 Å². The molecular formula is C13H15F5O2. The minimum atomic E-state index is -4.35. The van der Waals surface area contributed by atoms with E-state index in [9.17, 15) is 27.1 Å². The molecule has 0 amide bonds. The van der Waals surface area contributed by atoms with Crippen LogP contribution < -0.4 is 4.74 Å². The summed E-state index contributed by atoms with van der Waals surface area (Å²) in [6.45, 7) is 2.03. The van der Waals surface area contributed by atoms with Gasteiger partial charge in [-0.3, -0.25) is 0 Å². The summed E-state index contributed by atoms with van der Waals surface area (Å²) >= 11 is 0. The Labute approximate surface area is 113 Å². The molecule has 0 radical (unpaired) electrons. The van der Waals surface area contributed by atoms with Crippen molar-refractivity contribution >= 4 is 0 Å². The standard InChI is InChI=1S/C13H15F5O2/c1-2-5-20-11-4-3-8(14)6-9(11)10(19)7-13(17,18)12(15)16/h3-4,6,10,12,19H,2,5,7H2,1H3. The molecule has 1 aromatic carbocycles. The largest absolute Gasteiger partial charge is 0.493 e. The second-order valence-corrected chi connectivity index (χ2v) is 4.31. The molecule has 0 bridgehead atoms. The van der Waals surface area contributed by atoms with Gasteiger partial charge in [0.25, 0.3) is 0 Å². The Balaban J connectivity index is 2.95. The number of alkyl halides is 4. The maximum Gasteiger partial charge on any atom is 0.310 e. The predicted octanol–water partition coefficient (Wildman–Crippen LogP) is 3.94. The first-order chi connectivity index (χ1) is 9.27. The molecule has 0 spiro atoms. The molecule has 7 heteroatoms. The molecule has 20 heavy (non-hydrogen) atoms. The third kappa shape index (κ3) is 4.33. The van der Waals surface area contributed by atoms with Gasteiger partial charge in [-0.2, -0.15) is 0 Å². The van der Waals surface area contributed by atoms with Gasteiger partial charge >= 0.3 is 12.3 Å². The summed E-state index contributed by atoms with van der Waals surface area (Å²) in [6.07, 6.45) is -6.73. The Kier molecular flexibility index (Phi) is 5.74. The van der Waals surface area contributed by atoms with Crippen LogP contribution in [0.4, 0.5) is 22.0 Å². The van der Waals surface area contributed by atoms with Crippen LogP contribution in [0.3, 0.4) is 0 Å². The molecule has 0 fully saturated rings. The molecule has 1 N–H and O–H groups in total. The van der Waals surface area contributed by atoms with Crippen molar-refractivity contribution in [2.24, 2.45) is 0 Å². The van der Waals surface area contributed by atoms with Crippen molar-refractivity contribution < 1.29 is 31.8 Å². The molecule has 0 heterocycles. The van der Waals surface area contributed by atoms with Crippen molar-refractivity contribution in [3.63, 3.8) is 0 Å². The second-order valence-electron chi connectivity index (χ2n) is 4.31. The fourth-order valence-electron chi connectivity index (χ4n) is 1.58. The van der Waals surface area contributed by atoms with E-state index < -0.39 is 30.7 Å². The second kappa shape index (κ2) is 6.88. The van der Waals surface area contributed by atoms with Gasteiger partial charge in [0.1, 0.15) is 11.6 Å². The molecule has 0 saturated heterocycles. The van der Waals surface area contributed by atoms with Gasteiger partial charge in [0, 0.05) is 12.0 Å². The smallest absolute Gasteiger partial charge is 0.310 e. The van der Waals surface area contributed by atoms with Crippen LogP contribution in [0.5, 0.6) is 5.75 Å². The van der Waals surface area contributed by atoms with Crippen molar-refractivity contribution in [2.75, 3.05) is 6.61 Å².